The van der Waals surface area contributed by atoms with Crippen molar-refractivity contribution in [2.75, 3.05) is 0 Å². The van der Waals surface area contributed by atoms with E-state index in [-0.39, 0.29) is 0 Å². The van der Waals surface area contributed by atoms with Crippen LogP contribution in [0.15, 0.2) is 48.7 Å². The molecule has 19 heavy (non-hydrogen) atoms. The van der Waals surface area contributed by atoms with Gasteiger partial charge in [-0.05, 0) is 37.1 Å². The second kappa shape index (κ2) is 4.39. The van der Waals surface area contributed by atoms with Gasteiger partial charge in [0.05, 0.1) is 5.69 Å². The van der Waals surface area contributed by atoms with Crippen molar-refractivity contribution in [2.45, 2.75) is 13.8 Å². The predicted octanol–water partition coefficient (Wildman–Crippen LogP) is 4.04. The fourth-order valence-corrected chi connectivity index (χ4v) is 2.38. The van der Waals surface area contributed by atoms with Gasteiger partial charge in [0.2, 0.25) is 0 Å². The van der Waals surface area contributed by atoms with E-state index in [0.29, 0.717) is 5.69 Å². The van der Waals surface area contributed by atoms with Crippen LogP contribution in [0, 0.1) is 13.8 Å². The topological polar surface area (TPSA) is 21.5 Å². The predicted molar refractivity (Wildman–Crippen MR) is 77.7 cm³/mol. The first-order chi connectivity index (χ1) is 9.19. The van der Waals surface area contributed by atoms with Crippen molar-refractivity contribution in [1.29, 1.82) is 0 Å². The number of pyridine rings is 1. The lowest BCUT2D eigenvalue weighted by molar-refractivity contribution is 0.111. The summed E-state index contributed by atoms with van der Waals surface area (Å²) in [5.41, 5.74) is 6.18. The van der Waals surface area contributed by atoms with E-state index >= 15 is 0 Å². The third-order valence-corrected chi connectivity index (χ3v) is 3.43. The zero-order valence-corrected chi connectivity index (χ0v) is 11.1. The van der Waals surface area contributed by atoms with Crippen LogP contribution < -0.4 is 0 Å². The number of nitrogens with zero attached hydrogens (tertiary/aromatic N) is 1. The van der Waals surface area contributed by atoms with Gasteiger partial charge in [-0.25, -0.2) is 0 Å². The van der Waals surface area contributed by atoms with Crippen LogP contribution in [-0.4, -0.2) is 10.7 Å². The van der Waals surface area contributed by atoms with Crippen molar-refractivity contribution in [3.05, 3.63) is 65.5 Å². The van der Waals surface area contributed by atoms with Crippen LogP contribution in [0.4, 0.5) is 0 Å². The van der Waals surface area contributed by atoms with Gasteiger partial charge in [0.15, 0.2) is 6.29 Å². The maximum atomic E-state index is 11.4. The Labute approximate surface area is 112 Å². The number of aromatic nitrogens is 1. The van der Waals surface area contributed by atoms with E-state index in [1.165, 1.54) is 5.56 Å². The Morgan fingerprint density at radius 3 is 2.32 bits per heavy atom. The van der Waals surface area contributed by atoms with Crippen LogP contribution in [-0.2, 0) is 0 Å². The van der Waals surface area contributed by atoms with Crippen molar-refractivity contribution < 1.29 is 4.79 Å². The standard InChI is InChI=1S/C17H15NO/c1-12-3-6-14(7-4-12)16-9-15-8-5-13(2)10-18(15)17(16)11-19/h3-11H,1-2H3. The van der Waals surface area contributed by atoms with Crippen molar-refractivity contribution in [2.24, 2.45) is 0 Å². The van der Waals surface area contributed by atoms with Crippen molar-refractivity contribution in [1.82, 2.24) is 4.40 Å². The molecule has 3 aromatic rings. The summed E-state index contributed by atoms with van der Waals surface area (Å²) in [5, 5.41) is 0. The zero-order valence-electron chi connectivity index (χ0n) is 11.1. The van der Waals surface area contributed by atoms with Gasteiger partial charge in [-0.3, -0.25) is 4.79 Å². The molecule has 0 amide bonds. The lowest BCUT2D eigenvalue weighted by atomic mass is 10.0. The second-order valence-corrected chi connectivity index (χ2v) is 4.93. The average molecular weight is 249 g/mol. The number of aldehydes is 1. The van der Waals surface area contributed by atoms with Crippen LogP contribution in [0.5, 0.6) is 0 Å². The summed E-state index contributed by atoms with van der Waals surface area (Å²) >= 11 is 0. The van der Waals surface area contributed by atoms with Gasteiger partial charge in [0, 0.05) is 17.3 Å². The highest BCUT2D eigenvalue weighted by Crippen LogP contribution is 2.27. The molecule has 1 aromatic carbocycles. The second-order valence-electron chi connectivity index (χ2n) is 4.93. The molecule has 0 saturated heterocycles. The van der Waals surface area contributed by atoms with Gasteiger partial charge >= 0.3 is 0 Å². The maximum absolute atomic E-state index is 11.4. The molecule has 94 valence electrons. The molecule has 0 bridgehead atoms. The Hall–Kier alpha value is -2.35. The van der Waals surface area contributed by atoms with E-state index in [9.17, 15) is 4.79 Å². The average Bonchev–Trinajstić information content (AvgIpc) is 2.77. The maximum Gasteiger partial charge on any atom is 0.167 e. The molecule has 2 heterocycles. The highest BCUT2D eigenvalue weighted by atomic mass is 16.1. The number of fused-ring (bicyclic) bond motifs is 1. The molecule has 0 atom stereocenters. The van der Waals surface area contributed by atoms with Crippen LogP contribution in [0.1, 0.15) is 21.6 Å². The Balaban J connectivity index is 2.28. The van der Waals surface area contributed by atoms with Crippen LogP contribution in [0.3, 0.4) is 0 Å². The number of hydrogen-bond donors (Lipinski definition) is 0. The lowest BCUT2D eigenvalue weighted by Crippen LogP contribution is -1.93. The molecule has 0 aliphatic carbocycles. The van der Waals surface area contributed by atoms with E-state index in [2.05, 4.69) is 43.3 Å². The van der Waals surface area contributed by atoms with Crippen LogP contribution in [0.2, 0.25) is 0 Å². The summed E-state index contributed by atoms with van der Waals surface area (Å²) < 4.78 is 1.96. The molecule has 2 nitrogen and oxygen atoms in total. The molecule has 0 spiro atoms. The van der Waals surface area contributed by atoms with Gasteiger partial charge in [-0.15, -0.1) is 0 Å². The lowest BCUT2D eigenvalue weighted by Gasteiger charge is -2.02. The van der Waals surface area contributed by atoms with Crippen molar-refractivity contribution in [3.63, 3.8) is 0 Å². The quantitative estimate of drug-likeness (QED) is 0.628. The molecule has 2 aromatic heterocycles. The Bertz CT molecular complexity index is 751. The summed E-state index contributed by atoms with van der Waals surface area (Å²) in [4.78, 5) is 11.4. The van der Waals surface area contributed by atoms with E-state index in [1.807, 2.05) is 23.6 Å². The van der Waals surface area contributed by atoms with Gasteiger partial charge in [-0.1, -0.05) is 35.9 Å². The summed E-state index contributed by atoms with van der Waals surface area (Å²) in [6.07, 6.45) is 2.93. The minimum absolute atomic E-state index is 0.711. The third kappa shape index (κ3) is 1.95. The molecule has 0 N–H and O–H groups in total. The normalized spacial score (nSPS) is 10.8. The highest BCUT2D eigenvalue weighted by Gasteiger charge is 2.11. The third-order valence-electron chi connectivity index (χ3n) is 3.43. The van der Waals surface area contributed by atoms with Gasteiger partial charge < -0.3 is 4.40 Å². The van der Waals surface area contributed by atoms with Gasteiger partial charge in [0.1, 0.15) is 0 Å². The Kier molecular flexibility index (Phi) is 2.71. The van der Waals surface area contributed by atoms with Crippen molar-refractivity contribution in [3.8, 4) is 11.1 Å². The number of hydrogen-bond acceptors (Lipinski definition) is 1. The summed E-state index contributed by atoms with van der Waals surface area (Å²) in [5.74, 6) is 0. The van der Waals surface area contributed by atoms with Crippen LogP contribution >= 0.6 is 0 Å². The molecule has 2 heteroatoms. The zero-order chi connectivity index (χ0) is 13.4. The fraction of sp³-hybridized carbons (Fsp3) is 0.118. The monoisotopic (exact) mass is 249 g/mol. The molecule has 0 fully saturated rings. The first-order valence-electron chi connectivity index (χ1n) is 6.33. The van der Waals surface area contributed by atoms with Crippen molar-refractivity contribution >= 4 is 11.8 Å². The molecule has 0 unspecified atom stereocenters. The smallest absolute Gasteiger partial charge is 0.167 e. The number of aryl methyl sites for hydroxylation is 2. The van der Waals surface area contributed by atoms with E-state index < -0.39 is 0 Å². The SMILES string of the molecule is Cc1ccc(-c2cc3ccc(C)cn3c2C=O)cc1. The Morgan fingerprint density at radius 2 is 1.63 bits per heavy atom. The number of carbonyl (C=O) groups is 1. The number of carbonyl (C=O) groups excluding carboxylic acids is 1. The summed E-state index contributed by atoms with van der Waals surface area (Å²) in [7, 11) is 0. The largest absolute Gasteiger partial charge is 0.313 e. The minimum Gasteiger partial charge on any atom is -0.313 e. The fourth-order valence-electron chi connectivity index (χ4n) is 2.38. The van der Waals surface area contributed by atoms with E-state index in [0.717, 1.165) is 28.5 Å². The van der Waals surface area contributed by atoms with E-state index in [4.69, 9.17) is 0 Å². The molecule has 3 rings (SSSR count). The van der Waals surface area contributed by atoms with Gasteiger partial charge in [-0.2, -0.15) is 0 Å². The summed E-state index contributed by atoms with van der Waals surface area (Å²) in [6, 6.07) is 14.4. The number of rotatable bonds is 2. The molecular formula is C17H15NO. The molecule has 0 radical (unpaired) electrons. The molecule has 0 aliphatic rings. The molecular weight excluding hydrogens is 234 g/mol. The highest BCUT2D eigenvalue weighted by molar-refractivity contribution is 5.89. The van der Waals surface area contributed by atoms with E-state index in [1.54, 1.807) is 0 Å². The Morgan fingerprint density at radius 1 is 0.947 bits per heavy atom. The molecule has 0 saturated carbocycles. The first kappa shape index (κ1) is 11.7. The first-order valence-corrected chi connectivity index (χ1v) is 6.33. The minimum atomic E-state index is 0.711. The summed E-state index contributed by atoms with van der Waals surface area (Å²) in [6.45, 7) is 4.09. The number of benzene rings is 1. The van der Waals surface area contributed by atoms with Crippen LogP contribution in [0.25, 0.3) is 16.6 Å². The molecule has 0 aliphatic heterocycles. The van der Waals surface area contributed by atoms with Gasteiger partial charge in [0.25, 0.3) is 0 Å².